The van der Waals surface area contributed by atoms with Crippen molar-refractivity contribution in [2.45, 2.75) is 6.92 Å². The number of benzene rings is 1. The lowest BCUT2D eigenvalue weighted by molar-refractivity contribution is -0.137. The molecular weight excluding hydrogens is 249 g/mol. The molecule has 0 saturated heterocycles. The smallest absolute Gasteiger partial charge is 0.349 e. The number of nitrogens with two attached hydrogens (primary N) is 1. The molecule has 1 aromatic rings. The monoisotopic (exact) mass is 259 g/mol. The highest BCUT2D eigenvalue weighted by Gasteiger charge is 2.08. The molecule has 16 heavy (non-hydrogen) atoms. The number of ether oxygens (including phenoxy) is 1. The normalized spacial score (nSPS) is 11.3. The van der Waals surface area contributed by atoms with Crippen LogP contribution in [0.15, 0.2) is 23.2 Å². The summed E-state index contributed by atoms with van der Waals surface area (Å²) in [5, 5.41) is 0.490. The van der Waals surface area contributed by atoms with Crippen molar-refractivity contribution >= 4 is 40.9 Å². The van der Waals surface area contributed by atoms with Gasteiger partial charge in [0.25, 0.3) is 0 Å². The molecule has 0 aliphatic rings. The van der Waals surface area contributed by atoms with Crippen molar-refractivity contribution in [3.63, 3.8) is 0 Å². The van der Waals surface area contributed by atoms with E-state index in [4.69, 9.17) is 33.7 Å². The van der Waals surface area contributed by atoms with E-state index >= 15 is 0 Å². The summed E-state index contributed by atoms with van der Waals surface area (Å²) >= 11 is 11.6. The van der Waals surface area contributed by atoms with Crippen LogP contribution in [0.1, 0.15) is 12.5 Å². The lowest BCUT2D eigenvalue weighted by atomic mass is 10.1. The van der Waals surface area contributed by atoms with Crippen molar-refractivity contribution in [2.75, 3.05) is 12.3 Å². The van der Waals surface area contributed by atoms with Gasteiger partial charge in [-0.2, -0.15) is 0 Å². The second-order valence-corrected chi connectivity index (χ2v) is 3.83. The first-order valence-corrected chi connectivity index (χ1v) is 5.39. The van der Waals surface area contributed by atoms with E-state index in [9.17, 15) is 4.79 Å². The van der Waals surface area contributed by atoms with Crippen molar-refractivity contribution < 1.29 is 9.53 Å². The van der Waals surface area contributed by atoms with E-state index in [1.807, 2.05) is 0 Å². The molecular formula is C11H11Cl2NO2. The average molecular weight is 260 g/mol. The Morgan fingerprint density at radius 2 is 2.25 bits per heavy atom. The minimum absolute atomic E-state index is 0.0317. The van der Waals surface area contributed by atoms with Gasteiger partial charge in [-0.15, -0.1) is 0 Å². The predicted molar refractivity (Wildman–Crippen MR) is 66.3 cm³/mol. The molecule has 0 radical (unpaired) electrons. The summed E-state index contributed by atoms with van der Waals surface area (Å²) in [6.07, 6.45) is 1.43. The molecule has 0 atom stereocenters. The van der Waals surface area contributed by atoms with Crippen LogP contribution in [0.3, 0.4) is 0 Å². The van der Waals surface area contributed by atoms with Crippen molar-refractivity contribution in [1.29, 1.82) is 0 Å². The summed E-state index contributed by atoms with van der Waals surface area (Å²) in [5.74, 6) is -0.580. The SMILES string of the molecule is CCOC(=O)/C(Cl)=C/c1cc(Cl)ccc1N. The van der Waals surface area contributed by atoms with Crippen molar-refractivity contribution in [2.24, 2.45) is 0 Å². The van der Waals surface area contributed by atoms with E-state index in [0.29, 0.717) is 16.3 Å². The van der Waals surface area contributed by atoms with Crippen LogP contribution in [0.4, 0.5) is 5.69 Å². The van der Waals surface area contributed by atoms with Gasteiger partial charge in [0, 0.05) is 16.3 Å². The Kier molecular flexibility index (Phi) is 4.65. The summed E-state index contributed by atoms with van der Waals surface area (Å²) in [4.78, 5) is 11.2. The fraction of sp³-hybridized carbons (Fsp3) is 0.182. The van der Waals surface area contributed by atoms with E-state index in [-0.39, 0.29) is 11.6 Å². The van der Waals surface area contributed by atoms with Gasteiger partial charge in [0.05, 0.1) is 6.61 Å². The van der Waals surface area contributed by atoms with Gasteiger partial charge in [0.15, 0.2) is 0 Å². The Bertz CT molecular complexity index is 430. The van der Waals surface area contributed by atoms with E-state index < -0.39 is 5.97 Å². The zero-order valence-corrected chi connectivity index (χ0v) is 10.2. The molecule has 0 bridgehead atoms. The van der Waals surface area contributed by atoms with Gasteiger partial charge < -0.3 is 10.5 Å². The Morgan fingerprint density at radius 3 is 2.88 bits per heavy atom. The molecule has 0 heterocycles. The molecule has 0 spiro atoms. The largest absolute Gasteiger partial charge is 0.462 e. The van der Waals surface area contributed by atoms with Gasteiger partial charge in [0.2, 0.25) is 0 Å². The van der Waals surface area contributed by atoms with E-state index in [0.717, 1.165) is 0 Å². The number of carbonyl (C=O) groups excluding carboxylic acids is 1. The Morgan fingerprint density at radius 1 is 1.56 bits per heavy atom. The maximum Gasteiger partial charge on any atom is 0.349 e. The maximum absolute atomic E-state index is 11.2. The first-order chi connectivity index (χ1) is 7.54. The highest BCUT2D eigenvalue weighted by Crippen LogP contribution is 2.22. The van der Waals surface area contributed by atoms with Gasteiger partial charge in [-0.3, -0.25) is 0 Å². The van der Waals surface area contributed by atoms with Gasteiger partial charge >= 0.3 is 5.97 Å². The quantitative estimate of drug-likeness (QED) is 0.516. The topological polar surface area (TPSA) is 52.3 Å². The van der Waals surface area contributed by atoms with Crippen LogP contribution in [0, 0.1) is 0 Å². The van der Waals surface area contributed by atoms with Crippen LogP contribution in [0.25, 0.3) is 6.08 Å². The second-order valence-electron chi connectivity index (χ2n) is 2.99. The van der Waals surface area contributed by atoms with Crippen molar-refractivity contribution in [1.82, 2.24) is 0 Å². The van der Waals surface area contributed by atoms with Gasteiger partial charge in [-0.1, -0.05) is 23.2 Å². The van der Waals surface area contributed by atoms with Crippen LogP contribution in [-0.2, 0) is 9.53 Å². The van der Waals surface area contributed by atoms with Crippen LogP contribution in [-0.4, -0.2) is 12.6 Å². The molecule has 0 unspecified atom stereocenters. The third-order valence-electron chi connectivity index (χ3n) is 1.80. The summed E-state index contributed by atoms with van der Waals surface area (Å²) < 4.78 is 4.73. The number of hydrogen-bond donors (Lipinski definition) is 1. The molecule has 5 heteroatoms. The third kappa shape index (κ3) is 3.43. The molecule has 0 aromatic heterocycles. The lowest BCUT2D eigenvalue weighted by Gasteiger charge is -2.03. The summed E-state index contributed by atoms with van der Waals surface area (Å²) in [5.41, 5.74) is 6.78. The predicted octanol–water partition coefficient (Wildman–Crippen LogP) is 3.07. The van der Waals surface area contributed by atoms with Crippen LogP contribution in [0.5, 0.6) is 0 Å². The Balaban J connectivity index is 2.97. The fourth-order valence-corrected chi connectivity index (χ4v) is 1.42. The number of esters is 1. The molecule has 0 fully saturated rings. The van der Waals surface area contributed by atoms with E-state index in [2.05, 4.69) is 0 Å². The molecule has 0 amide bonds. The number of hydrogen-bond acceptors (Lipinski definition) is 3. The first-order valence-electron chi connectivity index (χ1n) is 4.64. The summed E-state index contributed by atoms with van der Waals surface area (Å²) in [7, 11) is 0. The summed E-state index contributed by atoms with van der Waals surface area (Å²) in [6.45, 7) is 1.98. The van der Waals surface area contributed by atoms with Crippen molar-refractivity contribution in [3.8, 4) is 0 Å². The average Bonchev–Trinajstić information content (AvgIpc) is 2.23. The standard InChI is InChI=1S/C11H11Cl2NO2/c1-2-16-11(15)9(13)6-7-5-8(12)3-4-10(7)14/h3-6H,2,14H2,1H3/b9-6-. The maximum atomic E-state index is 11.2. The van der Waals surface area contributed by atoms with Crippen LogP contribution >= 0.6 is 23.2 Å². The van der Waals surface area contributed by atoms with E-state index in [1.54, 1.807) is 25.1 Å². The molecule has 2 N–H and O–H groups in total. The molecule has 0 aliphatic carbocycles. The number of carbonyl (C=O) groups is 1. The molecule has 86 valence electrons. The van der Waals surface area contributed by atoms with Crippen molar-refractivity contribution in [3.05, 3.63) is 33.8 Å². The first kappa shape index (κ1) is 12.9. The minimum atomic E-state index is -0.580. The highest BCUT2D eigenvalue weighted by molar-refractivity contribution is 6.43. The zero-order valence-electron chi connectivity index (χ0n) is 8.67. The Hall–Kier alpha value is -1.19. The third-order valence-corrected chi connectivity index (χ3v) is 2.30. The number of anilines is 1. The number of rotatable bonds is 3. The highest BCUT2D eigenvalue weighted by atomic mass is 35.5. The molecule has 1 rings (SSSR count). The Labute approximate surface area is 104 Å². The van der Waals surface area contributed by atoms with Crippen LogP contribution < -0.4 is 5.73 Å². The second kappa shape index (κ2) is 5.77. The van der Waals surface area contributed by atoms with Gasteiger partial charge in [-0.05, 0) is 31.2 Å². The molecule has 0 aliphatic heterocycles. The van der Waals surface area contributed by atoms with E-state index in [1.165, 1.54) is 6.08 Å². The molecule has 0 saturated carbocycles. The molecule has 1 aromatic carbocycles. The van der Waals surface area contributed by atoms with Gasteiger partial charge in [0.1, 0.15) is 5.03 Å². The molecule has 3 nitrogen and oxygen atoms in total. The number of nitrogen functional groups attached to an aromatic ring is 1. The van der Waals surface area contributed by atoms with Crippen LogP contribution in [0.2, 0.25) is 5.02 Å². The lowest BCUT2D eigenvalue weighted by Crippen LogP contribution is -2.03. The minimum Gasteiger partial charge on any atom is -0.462 e. The van der Waals surface area contributed by atoms with Gasteiger partial charge in [-0.25, -0.2) is 4.79 Å². The number of halogens is 2. The fourth-order valence-electron chi connectivity index (χ4n) is 1.07. The zero-order chi connectivity index (χ0) is 12.1. The summed E-state index contributed by atoms with van der Waals surface area (Å²) in [6, 6.07) is 4.93.